The van der Waals surface area contributed by atoms with Crippen molar-refractivity contribution in [1.82, 2.24) is 16.0 Å². The van der Waals surface area contributed by atoms with Crippen molar-refractivity contribution in [3.05, 3.63) is 59.7 Å². The molecule has 0 bridgehead atoms. The fraction of sp³-hybridized carbons (Fsp3) is 0.469. The second-order valence-corrected chi connectivity index (χ2v) is 11.5. The van der Waals surface area contributed by atoms with Gasteiger partial charge in [0.25, 0.3) is 0 Å². The number of nitrogens with one attached hydrogen (secondary N) is 3. The van der Waals surface area contributed by atoms with Crippen LogP contribution >= 0.6 is 0 Å². The number of phenolic OH excluding ortho intramolecular Hbond substituents is 2. The van der Waals surface area contributed by atoms with Crippen molar-refractivity contribution in [2.45, 2.75) is 62.1 Å². The number of amides is 1. The Kier molecular flexibility index (Phi) is 28.1. The minimum atomic E-state index is -5.08. The first-order valence-corrected chi connectivity index (χ1v) is 16.2. The first kappa shape index (κ1) is 59.7. The molecule has 29 heteroatoms. The van der Waals surface area contributed by atoms with Crippen LogP contribution in [0.15, 0.2) is 48.5 Å². The number of aliphatic hydroxyl groups excluding tert-OH is 1. The summed E-state index contributed by atoms with van der Waals surface area (Å²) < 4.78 is 127. The van der Waals surface area contributed by atoms with E-state index in [1.807, 2.05) is 24.3 Å². The van der Waals surface area contributed by atoms with E-state index in [9.17, 15) is 72.8 Å². The third-order valence-corrected chi connectivity index (χ3v) is 6.30. The van der Waals surface area contributed by atoms with Gasteiger partial charge in [-0.1, -0.05) is 24.3 Å². The molecule has 14 N–H and O–H groups in total. The summed E-state index contributed by atoms with van der Waals surface area (Å²) in [4.78, 5) is 46.5. The van der Waals surface area contributed by atoms with Gasteiger partial charge in [-0.05, 0) is 48.2 Å². The molecule has 0 aliphatic rings. The molecule has 61 heavy (non-hydrogen) atoms. The lowest BCUT2D eigenvalue weighted by Crippen LogP contribution is -2.50. The van der Waals surface area contributed by atoms with Crippen molar-refractivity contribution >= 4 is 29.8 Å². The van der Waals surface area contributed by atoms with Crippen LogP contribution in [0.2, 0.25) is 0 Å². The summed E-state index contributed by atoms with van der Waals surface area (Å²) in [5.41, 5.74) is 13.5. The van der Waals surface area contributed by atoms with Gasteiger partial charge in [-0.25, -0.2) is 19.2 Å². The molecular formula is C32H41F12N5O12. The zero-order valence-electron chi connectivity index (χ0n) is 30.9. The summed E-state index contributed by atoms with van der Waals surface area (Å²) in [5.74, 6) is -10.9. The highest BCUT2D eigenvalue weighted by molar-refractivity contribution is 5.74. The van der Waals surface area contributed by atoms with E-state index in [4.69, 9.17) is 51.1 Å². The highest BCUT2D eigenvalue weighted by Gasteiger charge is 2.40. The van der Waals surface area contributed by atoms with E-state index in [1.54, 1.807) is 24.3 Å². The van der Waals surface area contributed by atoms with Gasteiger partial charge in [0, 0.05) is 50.7 Å². The molecule has 350 valence electrons. The van der Waals surface area contributed by atoms with E-state index in [2.05, 4.69) is 16.0 Å². The molecule has 0 fully saturated rings. The zero-order chi connectivity index (χ0) is 48.4. The van der Waals surface area contributed by atoms with Gasteiger partial charge in [0.1, 0.15) is 11.5 Å². The van der Waals surface area contributed by atoms with Crippen molar-refractivity contribution in [3.8, 4) is 11.5 Å². The summed E-state index contributed by atoms with van der Waals surface area (Å²) >= 11 is 0. The molecule has 2 rings (SSSR count). The van der Waals surface area contributed by atoms with E-state index in [1.165, 1.54) is 0 Å². The van der Waals surface area contributed by atoms with Gasteiger partial charge < -0.3 is 63.2 Å². The predicted molar refractivity (Wildman–Crippen MR) is 184 cm³/mol. The number of benzene rings is 2. The molecule has 0 aromatic heterocycles. The molecule has 0 aliphatic carbocycles. The van der Waals surface area contributed by atoms with Crippen molar-refractivity contribution in [1.29, 1.82) is 0 Å². The summed E-state index contributed by atoms with van der Waals surface area (Å²) in [6.07, 6.45) is -18.7. The fourth-order valence-corrected chi connectivity index (χ4v) is 3.46. The molecule has 0 spiro atoms. The Balaban J connectivity index is -0.000000962. The summed E-state index contributed by atoms with van der Waals surface area (Å²) in [6.45, 7) is 2.14. The first-order chi connectivity index (χ1) is 27.6. The minimum Gasteiger partial charge on any atom is -0.508 e. The lowest BCUT2D eigenvalue weighted by Gasteiger charge is -2.24. The number of carbonyl (C=O) groups is 5. The van der Waals surface area contributed by atoms with E-state index in [-0.39, 0.29) is 48.6 Å². The number of nitrogens with two attached hydrogens (primary N) is 2. The van der Waals surface area contributed by atoms with Crippen LogP contribution in [0.25, 0.3) is 0 Å². The van der Waals surface area contributed by atoms with Crippen LogP contribution in [0.5, 0.6) is 11.5 Å². The number of alkyl halides is 12. The molecule has 0 aliphatic heterocycles. The van der Waals surface area contributed by atoms with Crippen molar-refractivity contribution in [2.24, 2.45) is 11.5 Å². The maximum absolute atomic E-state index is 11.0. The topological polar surface area (TPSA) is 315 Å². The quantitative estimate of drug-likeness (QED) is 0.0848. The van der Waals surface area contributed by atoms with Gasteiger partial charge in [-0.3, -0.25) is 4.79 Å². The number of rotatable bonds is 16. The number of aliphatic carboxylic acids is 4. The number of carbonyl (C=O) groups excluding carboxylic acids is 1. The van der Waals surface area contributed by atoms with Crippen LogP contribution in [0.1, 0.15) is 17.5 Å². The maximum atomic E-state index is 11.0. The van der Waals surface area contributed by atoms with Crippen molar-refractivity contribution in [3.63, 3.8) is 0 Å². The fourth-order valence-electron chi connectivity index (χ4n) is 3.46. The van der Waals surface area contributed by atoms with Crippen LogP contribution < -0.4 is 27.4 Å². The van der Waals surface area contributed by atoms with Crippen molar-refractivity contribution < 1.29 is 112 Å². The highest BCUT2D eigenvalue weighted by atomic mass is 19.4. The average molecular weight is 916 g/mol. The lowest BCUT2D eigenvalue weighted by atomic mass is 10.0. The summed E-state index contributed by atoms with van der Waals surface area (Å²) in [7, 11) is 0. The Bertz CT molecular complexity index is 1500. The number of hydrogen-bond donors (Lipinski definition) is 12. The maximum Gasteiger partial charge on any atom is 0.490 e. The van der Waals surface area contributed by atoms with Crippen LogP contribution in [0.3, 0.4) is 0 Å². The Labute approximate surface area is 335 Å². The molecular weight excluding hydrogens is 874 g/mol. The van der Waals surface area contributed by atoms with E-state index >= 15 is 0 Å². The van der Waals surface area contributed by atoms with Gasteiger partial charge in [0.15, 0.2) is 0 Å². The third-order valence-electron chi connectivity index (χ3n) is 6.30. The van der Waals surface area contributed by atoms with E-state index < -0.39 is 48.6 Å². The molecule has 3 atom stereocenters. The largest absolute Gasteiger partial charge is 0.508 e. The van der Waals surface area contributed by atoms with Gasteiger partial charge >= 0.3 is 48.6 Å². The number of aliphatic hydroxyl groups is 1. The lowest BCUT2D eigenvalue weighted by molar-refractivity contribution is -0.193. The number of primary amides is 1. The Morgan fingerprint density at radius 2 is 0.852 bits per heavy atom. The number of phenols is 2. The monoisotopic (exact) mass is 915 g/mol. The van der Waals surface area contributed by atoms with Gasteiger partial charge in [-0.15, -0.1) is 0 Å². The molecule has 0 radical (unpaired) electrons. The van der Waals surface area contributed by atoms with Gasteiger partial charge in [0.05, 0.1) is 6.61 Å². The molecule has 0 saturated heterocycles. The molecule has 17 nitrogen and oxygen atoms in total. The number of carboxylic acids is 4. The number of hydrogen-bond acceptors (Lipinski definition) is 12. The third kappa shape index (κ3) is 34.9. The molecule has 0 heterocycles. The van der Waals surface area contributed by atoms with Gasteiger partial charge in [0.2, 0.25) is 5.91 Å². The molecule has 0 unspecified atom stereocenters. The SMILES string of the molecule is NC(=O)CCNC[C@H](Cc1ccc(O)cc1)NC[C@H](CO)NC[C@@H](N)Cc1ccc(O)cc1.O=C(O)C(F)(F)F.O=C(O)C(F)(F)F.O=C(O)C(F)(F)F.O=C(O)C(F)(F)F. The zero-order valence-corrected chi connectivity index (χ0v) is 30.9. The second-order valence-electron chi connectivity index (χ2n) is 11.5. The smallest absolute Gasteiger partial charge is 0.490 e. The molecule has 1 amide bonds. The van der Waals surface area contributed by atoms with Crippen LogP contribution in [-0.4, -0.2) is 141 Å². The van der Waals surface area contributed by atoms with Gasteiger partial charge in [-0.2, -0.15) is 52.7 Å². The minimum absolute atomic E-state index is 0.0417. The van der Waals surface area contributed by atoms with E-state index in [0.29, 0.717) is 39.0 Å². The highest BCUT2D eigenvalue weighted by Crippen LogP contribution is 2.16. The standard InChI is InChI=1S/C24H37N5O4.4C2HF3O2/c25-19(11-17-1-5-22(31)6-2-17)13-28-21(16-30)15-29-20(14-27-10-9-24(26)33)12-18-3-7-23(32)8-4-18;4*3-2(4,5)1(6)7/h1-8,19-21,27-32H,9-16,25H2,(H2,26,33);4*(H,6,7)/t19-,20-,21+;;;;/m0..../s1. The summed E-state index contributed by atoms with van der Waals surface area (Å²) in [6, 6.07) is 13.8. The van der Waals surface area contributed by atoms with Crippen molar-refractivity contribution in [2.75, 3.05) is 32.8 Å². The normalized spacial score (nSPS) is 12.8. The average Bonchev–Trinajstić information content (AvgIpc) is 3.11. The predicted octanol–water partition coefficient (Wildman–Crippen LogP) is 2.12. The Hall–Kier alpha value is -5.65. The van der Waals surface area contributed by atoms with E-state index in [0.717, 1.165) is 11.1 Å². The second kappa shape index (κ2) is 28.8. The number of carboxylic acid groups (broad SMARTS) is 4. The first-order valence-electron chi connectivity index (χ1n) is 16.2. The molecule has 2 aromatic carbocycles. The number of halogens is 12. The van der Waals surface area contributed by atoms with Crippen LogP contribution in [-0.2, 0) is 36.8 Å². The molecule has 2 aromatic rings. The summed E-state index contributed by atoms with van der Waals surface area (Å²) in [5, 5.41) is 67.2. The Morgan fingerprint density at radius 3 is 1.15 bits per heavy atom. The molecule has 0 saturated carbocycles. The Morgan fingerprint density at radius 1 is 0.541 bits per heavy atom. The van der Waals surface area contributed by atoms with Crippen LogP contribution in [0, 0.1) is 0 Å². The number of aromatic hydroxyl groups is 2. The van der Waals surface area contributed by atoms with Crippen LogP contribution in [0.4, 0.5) is 52.7 Å².